The molecule has 0 aromatic heterocycles. The SMILES string of the molecule is O=C(CC[C@@H]1NC(=O)c2ccccc2NC1=O)NC[C@H]1C[C@H]2C=C[C@H]1C2. The molecule has 1 saturated carbocycles. The number of hydrogen-bond donors (Lipinski definition) is 3. The number of benzene rings is 1. The molecule has 0 radical (unpaired) electrons. The Bertz CT molecular complexity index is 773. The minimum atomic E-state index is -0.703. The van der Waals surface area contributed by atoms with Gasteiger partial charge in [-0.25, -0.2) is 0 Å². The van der Waals surface area contributed by atoms with Crippen molar-refractivity contribution in [3.05, 3.63) is 42.0 Å². The van der Waals surface area contributed by atoms with Gasteiger partial charge in [-0.3, -0.25) is 14.4 Å². The largest absolute Gasteiger partial charge is 0.356 e. The van der Waals surface area contributed by atoms with Crippen molar-refractivity contribution < 1.29 is 14.4 Å². The van der Waals surface area contributed by atoms with Crippen molar-refractivity contribution in [3.8, 4) is 0 Å². The summed E-state index contributed by atoms with van der Waals surface area (Å²) >= 11 is 0. The molecule has 4 atom stereocenters. The summed E-state index contributed by atoms with van der Waals surface area (Å²) in [4.78, 5) is 36.8. The molecule has 0 spiro atoms. The molecule has 4 rings (SSSR count). The monoisotopic (exact) mass is 353 g/mol. The number of amides is 3. The summed E-state index contributed by atoms with van der Waals surface area (Å²) in [6.45, 7) is 0.693. The van der Waals surface area contributed by atoms with E-state index in [0.717, 1.165) is 6.42 Å². The van der Waals surface area contributed by atoms with Gasteiger partial charge in [-0.15, -0.1) is 0 Å². The molecule has 2 aliphatic carbocycles. The van der Waals surface area contributed by atoms with Crippen LogP contribution in [0.15, 0.2) is 36.4 Å². The van der Waals surface area contributed by atoms with Crippen molar-refractivity contribution in [3.63, 3.8) is 0 Å². The van der Waals surface area contributed by atoms with E-state index in [0.29, 0.717) is 35.5 Å². The second kappa shape index (κ2) is 6.94. The molecular formula is C20H23N3O3. The maximum atomic E-state index is 12.3. The van der Waals surface area contributed by atoms with E-state index in [1.54, 1.807) is 24.3 Å². The highest BCUT2D eigenvalue weighted by molar-refractivity contribution is 6.09. The molecule has 2 bridgehead atoms. The third-order valence-corrected chi connectivity index (χ3v) is 5.69. The number of carbonyl (C=O) groups excluding carboxylic acids is 3. The fraction of sp³-hybridized carbons (Fsp3) is 0.450. The highest BCUT2D eigenvalue weighted by Gasteiger charge is 2.35. The molecule has 3 N–H and O–H groups in total. The fourth-order valence-corrected chi connectivity index (χ4v) is 4.25. The summed E-state index contributed by atoms with van der Waals surface area (Å²) in [5, 5.41) is 8.47. The molecular weight excluding hydrogens is 330 g/mol. The molecule has 1 aromatic rings. The van der Waals surface area contributed by atoms with Gasteiger partial charge in [-0.2, -0.15) is 0 Å². The molecule has 136 valence electrons. The van der Waals surface area contributed by atoms with Gasteiger partial charge in [0.05, 0.1) is 11.3 Å². The number of nitrogens with one attached hydrogen (secondary N) is 3. The van der Waals surface area contributed by atoms with E-state index in [1.807, 2.05) is 0 Å². The molecule has 1 fully saturated rings. The Labute approximate surface area is 152 Å². The van der Waals surface area contributed by atoms with Gasteiger partial charge in [-0.05, 0) is 49.1 Å². The standard InChI is InChI=1S/C20H23N3O3/c24-18(21-11-14-10-12-5-6-13(14)9-12)8-7-17-20(26)22-16-4-2-1-3-15(16)19(25)23-17/h1-6,12-14,17H,7-11H2,(H,21,24)(H,22,26)(H,23,25)/t12-,13-,14+,17-/m0/s1. The number of allylic oxidation sites excluding steroid dienone is 2. The van der Waals surface area contributed by atoms with Crippen LogP contribution >= 0.6 is 0 Å². The Morgan fingerprint density at radius 3 is 2.77 bits per heavy atom. The zero-order valence-corrected chi connectivity index (χ0v) is 14.5. The maximum absolute atomic E-state index is 12.3. The van der Waals surface area contributed by atoms with Crippen molar-refractivity contribution in [2.24, 2.45) is 17.8 Å². The molecule has 26 heavy (non-hydrogen) atoms. The first-order valence-electron chi connectivity index (χ1n) is 9.26. The topological polar surface area (TPSA) is 87.3 Å². The number of para-hydroxylation sites is 1. The zero-order chi connectivity index (χ0) is 18.1. The fourth-order valence-electron chi connectivity index (χ4n) is 4.25. The lowest BCUT2D eigenvalue weighted by atomic mass is 9.93. The van der Waals surface area contributed by atoms with Gasteiger partial charge in [0, 0.05) is 13.0 Å². The van der Waals surface area contributed by atoms with Gasteiger partial charge in [-0.1, -0.05) is 24.3 Å². The highest BCUT2D eigenvalue weighted by Crippen LogP contribution is 2.42. The van der Waals surface area contributed by atoms with Crippen LogP contribution in [0.5, 0.6) is 0 Å². The van der Waals surface area contributed by atoms with Crippen molar-refractivity contribution in [1.82, 2.24) is 10.6 Å². The number of fused-ring (bicyclic) bond motifs is 3. The van der Waals surface area contributed by atoms with Crippen LogP contribution in [-0.4, -0.2) is 30.3 Å². The van der Waals surface area contributed by atoms with E-state index in [-0.39, 0.29) is 30.6 Å². The molecule has 0 unspecified atom stereocenters. The highest BCUT2D eigenvalue weighted by atomic mass is 16.2. The van der Waals surface area contributed by atoms with E-state index < -0.39 is 6.04 Å². The summed E-state index contributed by atoms with van der Waals surface area (Å²) in [7, 11) is 0. The van der Waals surface area contributed by atoms with Gasteiger partial charge in [0.25, 0.3) is 5.91 Å². The predicted molar refractivity (Wildman–Crippen MR) is 97.4 cm³/mol. The van der Waals surface area contributed by atoms with E-state index in [1.165, 1.54) is 6.42 Å². The number of hydrogen-bond acceptors (Lipinski definition) is 3. The molecule has 0 saturated heterocycles. The van der Waals surface area contributed by atoms with Crippen LogP contribution in [0.25, 0.3) is 0 Å². The second-order valence-electron chi connectivity index (χ2n) is 7.44. The summed E-state index contributed by atoms with van der Waals surface area (Å²) in [5.74, 6) is 1.18. The Kier molecular flexibility index (Phi) is 4.49. The third-order valence-electron chi connectivity index (χ3n) is 5.69. The van der Waals surface area contributed by atoms with Crippen LogP contribution < -0.4 is 16.0 Å². The normalized spacial score (nSPS) is 28.9. The maximum Gasteiger partial charge on any atom is 0.254 e. The quantitative estimate of drug-likeness (QED) is 0.706. The molecule has 1 aliphatic heterocycles. The smallest absolute Gasteiger partial charge is 0.254 e. The van der Waals surface area contributed by atoms with Crippen LogP contribution in [-0.2, 0) is 9.59 Å². The Morgan fingerprint density at radius 1 is 1.15 bits per heavy atom. The zero-order valence-electron chi connectivity index (χ0n) is 14.5. The summed E-state index contributed by atoms with van der Waals surface area (Å²) in [6.07, 6.45) is 7.43. The average molecular weight is 353 g/mol. The molecule has 1 aromatic carbocycles. The number of anilines is 1. The molecule has 3 amide bonds. The third kappa shape index (κ3) is 3.36. The average Bonchev–Trinajstić information content (AvgIpc) is 3.23. The molecule has 6 nitrogen and oxygen atoms in total. The van der Waals surface area contributed by atoms with Crippen LogP contribution in [0.4, 0.5) is 5.69 Å². The van der Waals surface area contributed by atoms with Crippen molar-refractivity contribution >= 4 is 23.4 Å². The van der Waals surface area contributed by atoms with Gasteiger partial charge in [0.1, 0.15) is 6.04 Å². The van der Waals surface area contributed by atoms with E-state index >= 15 is 0 Å². The lowest BCUT2D eigenvalue weighted by Gasteiger charge is -2.19. The molecule has 3 aliphatic rings. The first-order chi connectivity index (χ1) is 12.6. The number of carbonyl (C=O) groups is 3. The lowest BCUT2D eigenvalue weighted by Crippen LogP contribution is -2.42. The van der Waals surface area contributed by atoms with Crippen molar-refractivity contribution in [1.29, 1.82) is 0 Å². The van der Waals surface area contributed by atoms with Crippen LogP contribution in [0.2, 0.25) is 0 Å². The Balaban J connectivity index is 1.27. The number of rotatable bonds is 5. The van der Waals surface area contributed by atoms with Gasteiger partial charge in [0.2, 0.25) is 11.8 Å². The summed E-state index contributed by atoms with van der Waals surface area (Å²) < 4.78 is 0. The van der Waals surface area contributed by atoms with Crippen LogP contribution in [0.1, 0.15) is 36.0 Å². The van der Waals surface area contributed by atoms with Crippen molar-refractivity contribution in [2.75, 3.05) is 11.9 Å². The van der Waals surface area contributed by atoms with E-state index in [2.05, 4.69) is 28.1 Å². The molecule has 1 heterocycles. The summed E-state index contributed by atoms with van der Waals surface area (Å²) in [5.41, 5.74) is 0.948. The van der Waals surface area contributed by atoms with Crippen LogP contribution in [0.3, 0.4) is 0 Å². The van der Waals surface area contributed by atoms with E-state index in [4.69, 9.17) is 0 Å². The van der Waals surface area contributed by atoms with Crippen molar-refractivity contribution in [2.45, 2.75) is 31.7 Å². The minimum absolute atomic E-state index is 0.0689. The van der Waals surface area contributed by atoms with E-state index in [9.17, 15) is 14.4 Å². The Morgan fingerprint density at radius 2 is 2.00 bits per heavy atom. The Hall–Kier alpha value is -2.63. The predicted octanol–water partition coefficient (Wildman–Crippen LogP) is 1.85. The lowest BCUT2D eigenvalue weighted by molar-refractivity contribution is -0.122. The summed E-state index contributed by atoms with van der Waals surface area (Å²) in [6, 6.07) is 6.19. The first kappa shape index (κ1) is 16.8. The van der Waals surface area contributed by atoms with Gasteiger partial charge in [0.15, 0.2) is 0 Å². The van der Waals surface area contributed by atoms with Crippen LogP contribution in [0, 0.1) is 17.8 Å². The van der Waals surface area contributed by atoms with Gasteiger partial charge < -0.3 is 16.0 Å². The van der Waals surface area contributed by atoms with Gasteiger partial charge >= 0.3 is 0 Å². The molecule has 6 heteroatoms. The minimum Gasteiger partial charge on any atom is -0.356 e. The first-order valence-corrected chi connectivity index (χ1v) is 9.26. The second-order valence-corrected chi connectivity index (χ2v) is 7.44.